The Hall–Kier alpha value is -3.85. The maximum absolute atomic E-state index is 13.3. The van der Waals surface area contributed by atoms with Gasteiger partial charge in [-0.05, 0) is 29.5 Å². The summed E-state index contributed by atoms with van der Waals surface area (Å²) in [6.07, 6.45) is 2.05. The molecule has 0 amide bonds. The van der Waals surface area contributed by atoms with Gasteiger partial charge in [-0.1, -0.05) is 84.9 Å². The molecule has 0 bridgehead atoms. The van der Waals surface area contributed by atoms with Crippen molar-refractivity contribution >= 4 is 22.3 Å². The van der Waals surface area contributed by atoms with E-state index in [1.54, 1.807) is 0 Å². The highest BCUT2D eigenvalue weighted by Crippen LogP contribution is 2.41. The molecule has 0 unspecified atom stereocenters. The monoisotopic (exact) mass is 391 g/mol. The Morgan fingerprint density at radius 1 is 0.800 bits per heavy atom. The number of pyridine rings is 1. The third-order valence-electron chi connectivity index (χ3n) is 5.41. The number of carbonyl (C=O) groups excluding carboxylic acids is 1. The van der Waals surface area contributed by atoms with Crippen LogP contribution in [0.5, 0.6) is 0 Å². The molecule has 0 aliphatic rings. The quantitative estimate of drug-likeness (QED) is 0.323. The van der Waals surface area contributed by atoms with Crippen molar-refractivity contribution in [3.63, 3.8) is 0 Å². The van der Waals surface area contributed by atoms with Crippen LogP contribution in [0.15, 0.2) is 97.2 Å². The minimum atomic E-state index is -0.303. The number of hydrogen-bond acceptors (Lipinski definition) is 2. The van der Waals surface area contributed by atoms with E-state index < -0.39 is 0 Å². The van der Waals surface area contributed by atoms with E-state index in [4.69, 9.17) is 4.74 Å². The molecule has 2 aromatic heterocycles. The lowest BCUT2D eigenvalue weighted by molar-refractivity contribution is 0.0528. The van der Waals surface area contributed by atoms with Crippen LogP contribution in [0.1, 0.15) is 17.3 Å². The molecule has 0 aliphatic heterocycles. The summed E-state index contributed by atoms with van der Waals surface area (Å²) in [7, 11) is 0. The number of esters is 1. The van der Waals surface area contributed by atoms with E-state index in [0.29, 0.717) is 12.2 Å². The van der Waals surface area contributed by atoms with Gasteiger partial charge in [-0.15, -0.1) is 0 Å². The fourth-order valence-corrected chi connectivity index (χ4v) is 4.18. The summed E-state index contributed by atoms with van der Waals surface area (Å²) >= 11 is 0. The summed E-state index contributed by atoms with van der Waals surface area (Å²) in [5.74, 6) is -0.303. The van der Waals surface area contributed by atoms with Crippen LogP contribution in [0.3, 0.4) is 0 Å². The third kappa shape index (κ3) is 2.87. The van der Waals surface area contributed by atoms with E-state index in [9.17, 15) is 4.79 Å². The predicted molar refractivity (Wildman–Crippen MR) is 122 cm³/mol. The minimum absolute atomic E-state index is 0.303. The normalized spacial score (nSPS) is 11.1. The lowest BCUT2D eigenvalue weighted by atomic mass is 9.97. The van der Waals surface area contributed by atoms with E-state index in [1.165, 1.54) is 0 Å². The second-order valence-electron chi connectivity index (χ2n) is 7.17. The first-order valence-electron chi connectivity index (χ1n) is 10.1. The molecular weight excluding hydrogens is 370 g/mol. The highest BCUT2D eigenvalue weighted by atomic mass is 16.5. The second kappa shape index (κ2) is 7.53. The van der Waals surface area contributed by atoms with Crippen molar-refractivity contribution in [2.45, 2.75) is 6.92 Å². The Kier molecular flexibility index (Phi) is 4.56. The molecule has 5 rings (SSSR count). The first kappa shape index (κ1) is 18.2. The molecule has 0 spiro atoms. The molecule has 146 valence electrons. The van der Waals surface area contributed by atoms with Gasteiger partial charge in [0.05, 0.1) is 23.4 Å². The summed E-state index contributed by atoms with van der Waals surface area (Å²) in [5, 5.41) is 2.24. The summed E-state index contributed by atoms with van der Waals surface area (Å²) < 4.78 is 7.67. The van der Waals surface area contributed by atoms with Crippen molar-refractivity contribution in [1.29, 1.82) is 0 Å². The standard InChI is InChI=1S/C27H21NO2/c1-2-30-27(29)24-23(20-12-5-3-6-13-20)26-22-16-10-9-11-19(22)17-18-28(26)25(24)21-14-7-4-8-15-21/h3-18H,2H2,1H3. The first-order valence-corrected chi connectivity index (χ1v) is 10.1. The zero-order valence-electron chi connectivity index (χ0n) is 16.7. The van der Waals surface area contributed by atoms with Crippen molar-refractivity contribution in [2.75, 3.05) is 6.61 Å². The lowest BCUT2D eigenvalue weighted by Gasteiger charge is -2.08. The van der Waals surface area contributed by atoms with Crippen LogP contribution >= 0.6 is 0 Å². The maximum Gasteiger partial charge on any atom is 0.341 e. The Morgan fingerprint density at radius 2 is 1.43 bits per heavy atom. The molecule has 0 fully saturated rings. The van der Waals surface area contributed by atoms with Crippen LogP contribution in [-0.4, -0.2) is 17.0 Å². The fourth-order valence-electron chi connectivity index (χ4n) is 4.18. The average Bonchev–Trinajstić information content (AvgIpc) is 3.16. The Labute approximate surface area is 175 Å². The zero-order chi connectivity index (χ0) is 20.5. The van der Waals surface area contributed by atoms with E-state index in [0.717, 1.165) is 38.7 Å². The average molecular weight is 391 g/mol. The van der Waals surface area contributed by atoms with E-state index in [1.807, 2.05) is 67.6 Å². The van der Waals surface area contributed by atoms with Gasteiger partial charge in [0.15, 0.2) is 0 Å². The van der Waals surface area contributed by atoms with E-state index in [-0.39, 0.29) is 5.97 Å². The Balaban J connectivity index is 2.01. The number of nitrogens with zero attached hydrogens (tertiary/aromatic N) is 1. The van der Waals surface area contributed by atoms with Gasteiger partial charge < -0.3 is 9.14 Å². The van der Waals surface area contributed by atoms with Crippen LogP contribution in [0.4, 0.5) is 0 Å². The molecule has 0 radical (unpaired) electrons. The fraction of sp³-hybridized carbons (Fsp3) is 0.0741. The number of fused-ring (bicyclic) bond motifs is 3. The van der Waals surface area contributed by atoms with Crippen LogP contribution in [0, 0.1) is 0 Å². The third-order valence-corrected chi connectivity index (χ3v) is 5.41. The van der Waals surface area contributed by atoms with Crippen molar-refractivity contribution in [1.82, 2.24) is 4.40 Å². The van der Waals surface area contributed by atoms with Gasteiger partial charge in [-0.2, -0.15) is 0 Å². The van der Waals surface area contributed by atoms with Gasteiger partial charge in [0.25, 0.3) is 0 Å². The topological polar surface area (TPSA) is 30.7 Å². The zero-order valence-corrected chi connectivity index (χ0v) is 16.7. The molecule has 0 atom stereocenters. The van der Waals surface area contributed by atoms with Crippen LogP contribution in [-0.2, 0) is 4.74 Å². The SMILES string of the molecule is CCOC(=O)c1c(-c2ccccc2)c2c3ccccc3ccn2c1-c1ccccc1. The highest BCUT2D eigenvalue weighted by Gasteiger charge is 2.27. The molecular formula is C27H21NO2. The minimum Gasteiger partial charge on any atom is -0.462 e. The summed E-state index contributed by atoms with van der Waals surface area (Å²) in [6, 6.07) is 30.5. The number of ether oxygens (including phenoxy) is 1. The maximum atomic E-state index is 13.3. The summed E-state index contributed by atoms with van der Waals surface area (Å²) in [5.41, 5.74) is 5.36. The first-order chi connectivity index (χ1) is 14.8. The molecule has 30 heavy (non-hydrogen) atoms. The molecule has 0 saturated carbocycles. The van der Waals surface area contributed by atoms with Gasteiger partial charge in [0.2, 0.25) is 0 Å². The number of hydrogen-bond donors (Lipinski definition) is 0. The molecule has 2 heterocycles. The smallest absolute Gasteiger partial charge is 0.341 e. The Morgan fingerprint density at radius 3 is 2.13 bits per heavy atom. The molecule has 3 aromatic carbocycles. The predicted octanol–water partition coefficient (Wildman–Crippen LogP) is 6.60. The van der Waals surface area contributed by atoms with Crippen molar-refractivity contribution in [2.24, 2.45) is 0 Å². The summed E-state index contributed by atoms with van der Waals surface area (Å²) in [6.45, 7) is 2.17. The van der Waals surface area contributed by atoms with Crippen molar-refractivity contribution in [3.8, 4) is 22.4 Å². The molecule has 3 heteroatoms. The molecule has 0 aliphatic carbocycles. The van der Waals surface area contributed by atoms with Gasteiger partial charge in [-0.25, -0.2) is 4.79 Å². The largest absolute Gasteiger partial charge is 0.462 e. The second-order valence-corrected chi connectivity index (χ2v) is 7.17. The number of aromatic nitrogens is 1. The summed E-state index contributed by atoms with van der Waals surface area (Å²) in [4.78, 5) is 13.3. The van der Waals surface area contributed by atoms with Gasteiger partial charge in [-0.3, -0.25) is 0 Å². The van der Waals surface area contributed by atoms with Crippen LogP contribution < -0.4 is 0 Å². The Bertz CT molecular complexity index is 1350. The van der Waals surface area contributed by atoms with E-state index in [2.05, 4.69) is 40.9 Å². The van der Waals surface area contributed by atoms with Crippen LogP contribution in [0.2, 0.25) is 0 Å². The van der Waals surface area contributed by atoms with Crippen molar-refractivity contribution < 1.29 is 9.53 Å². The number of carbonyl (C=O) groups is 1. The van der Waals surface area contributed by atoms with Crippen molar-refractivity contribution in [3.05, 3.63) is 103 Å². The molecule has 0 N–H and O–H groups in total. The van der Waals surface area contributed by atoms with Gasteiger partial charge in [0.1, 0.15) is 0 Å². The number of benzene rings is 3. The van der Waals surface area contributed by atoms with Crippen LogP contribution in [0.25, 0.3) is 38.7 Å². The highest BCUT2D eigenvalue weighted by molar-refractivity contribution is 6.14. The van der Waals surface area contributed by atoms with Gasteiger partial charge in [0, 0.05) is 17.1 Å². The van der Waals surface area contributed by atoms with E-state index >= 15 is 0 Å². The van der Waals surface area contributed by atoms with Gasteiger partial charge >= 0.3 is 5.97 Å². The molecule has 0 saturated heterocycles. The molecule has 5 aromatic rings. The lowest BCUT2D eigenvalue weighted by Crippen LogP contribution is -2.07. The number of rotatable bonds is 4. The molecule has 3 nitrogen and oxygen atoms in total.